The predicted molar refractivity (Wildman–Crippen MR) is 99.5 cm³/mol. The highest BCUT2D eigenvalue weighted by Crippen LogP contribution is 2.32. The van der Waals surface area contributed by atoms with Crippen molar-refractivity contribution in [3.63, 3.8) is 0 Å². The highest BCUT2D eigenvalue weighted by atomic mass is 32.1. The molecule has 0 aliphatic rings. The Morgan fingerprint density at radius 3 is 2.39 bits per heavy atom. The third-order valence-electron chi connectivity index (χ3n) is 3.84. The minimum atomic E-state index is 0.927. The number of fused-ring (bicyclic) bond motifs is 1. The summed E-state index contributed by atoms with van der Waals surface area (Å²) >= 11 is 1.69. The number of benzene rings is 3. The van der Waals surface area contributed by atoms with Crippen LogP contribution < -0.4 is 5.32 Å². The maximum absolute atomic E-state index is 4.76. The largest absolute Gasteiger partial charge is 0.332 e. The van der Waals surface area contributed by atoms with Crippen molar-refractivity contribution < 1.29 is 0 Å². The van der Waals surface area contributed by atoms with Crippen LogP contribution in [0.25, 0.3) is 22.0 Å². The zero-order chi connectivity index (χ0) is 15.6. The van der Waals surface area contributed by atoms with Crippen LogP contribution >= 0.6 is 11.3 Å². The van der Waals surface area contributed by atoms with E-state index in [1.807, 2.05) is 18.2 Å². The maximum atomic E-state index is 4.76. The average Bonchev–Trinajstić information content (AvgIpc) is 2.96. The summed E-state index contributed by atoms with van der Waals surface area (Å²) in [5.41, 5.74) is 3.28. The first-order valence-electron chi connectivity index (χ1n) is 7.58. The molecule has 23 heavy (non-hydrogen) atoms. The molecule has 1 aromatic heterocycles. The Morgan fingerprint density at radius 2 is 1.57 bits per heavy atom. The molecule has 1 heterocycles. The molecule has 3 aromatic carbocycles. The molecule has 0 amide bonds. The van der Waals surface area contributed by atoms with E-state index in [2.05, 4.69) is 66.8 Å². The molecular formula is C20H16N2S. The van der Waals surface area contributed by atoms with Gasteiger partial charge in [0, 0.05) is 16.1 Å². The molecule has 2 nitrogen and oxygen atoms in total. The Kier molecular flexibility index (Phi) is 3.56. The standard InChI is InChI=1S/C20H16N2S/c1-14-19(16-8-3-2-4-9-16)22-20(23-14)21-18-12-11-15-7-5-6-10-17(15)13-18/h2-13H,1H3,(H,21,22). The van der Waals surface area contributed by atoms with E-state index < -0.39 is 0 Å². The first kappa shape index (κ1) is 14.0. The molecule has 0 spiro atoms. The topological polar surface area (TPSA) is 24.9 Å². The Balaban J connectivity index is 1.66. The summed E-state index contributed by atoms with van der Waals surface area (Å²) in [5.74, 6) is 0. The summed E-state index contributed by atoms with van der Waals surface area (Å²) < 4.78 is 0. The summed E-state index contributed by atoms with van der Waals surface area (Å²) in [6.45, 7) is 2.12. The summed E-state index contributed by atoms with van der Waals surface area (Å²) in [4.78, 5) is 5.98. The zero-order valence-electron chi connectivity index (χ0n) is 12.8. The van der Waals surface area contributed by atoms with Gasteiger partial charge in [0.25, 0.3) is 0 Å². The second-order valence-electron chi connectivity index (χ2n) is 5.48. The smallest absolute Gasteiger partial charge is 0.187 e. The molecule has 0 bridgehead atoms. The molecule has 0 aliphatic heterocycles. The summed E-state index contributed by atoms with van der Waals surface area (Å²) in [7, 11) is 0. The van der Waals surface area contributed by atoms with Crippen molar-refractivity contribution in [3.8, 4) is 11.3 Å². The molecule has 0 unspecified atom stereocenters. The lowest BCUT2D eigenvalue weighted by Crippen LogP contribution is -1.89. The van der Waals surface area contributed by atoms with Crippen molar-refractivity contribution in [2.24, 2.45) is 0 Å². The van der Waals surface area contributed by atoms with Gasteiger partial charge in [-0.2, -0.15) is 0 Å². The van der Waals surface area contributed by atoms with Crippen LogP contribution in [0.2, 0.25) is 0 Å². The fourth-order valence-electron chi connectivity index (χ4n) is 2.70. The van der Waals surface area contributed by atoms with Gasteiger partial charge in [0.2, 0.25) is 0 Å². The lowest BCUT2D eigenvalue weighted by molar-refractivity contribution is 1.36. The van der Waals surface area contributed by atoms with Gasteiger partial charge in [-0.15, -0.1) is 11.3 Å². The van der Waals surface area contributed by atoms with E-state index in [-0.39, 0.29) is 0 Å². The number of hydrogen-bond acceptors (Lipinski definition) is 3. The highest BCUT2D eigenvalue weighted by molar-refractivity contribution is 7.16. The van der Waals surface area contributed by atoms with Crippen LogP contribution in [0.5, 0.6) is 0 Å². The Labute approximate surface area is 139 Å². The third kappa shape index (κ3) is 2.83. The minimum absolute atomic E-state index is 0.927. The molecule has 3 heteroatoms. The van der Waals surface area contributed by atoms with Gasteiger partial charge in [-0.05, 0) is 29.8 Å². The van der Waals surface area contributed by atoms with Crippen LogP contribution in [0.1, 0.15) is 4.88 Å². The molecule has 0 saturated heterocycles. The lowest BCUT2D eigenvalue weighted by Gasteiger charge is -2.04. The van der Waals surface area contributed by atoms with Crippen LogP contribution in [0.4, 0.5) is 10.8 Å². The molecule has 112 valence electrons. The summed E-state index contributed by atoms with van der Waals surface area (Å²) in [6, 6.07) is 25.1. The van der Waals surface area contributed by atoms with Gasteiger partial charge in [0.15, 0.2) is 5.13 Å². The Hall–Kier alpha value is -2.65. The van der Waals surface area contributed by atoms with Crippen LogP contribution in [0.15, 0.2) is 72.8 Å². The van der Waals surface area contributed by atoms with Crippen LogP contribution in [0, 0.1) is 6.92 Å². The fourth-order valence-corrected chi connectivity index (χ4v) is 3.56. The highest BCUT2D eigenvalue weighted by Gasteiger charge is 2.09. The number of nitrogens with one attached hydrogen (secondary N) is 1. The van der Waals surface area contributed by atoms with Crippen molar-refractivity contribution in [1.29, 1.82) is 0 Å². The van der Waals surface area contributed by atoms with Crippen molar-refractivity contribution in [1.82, 2.24) is 4.98 Å². The number of anilines is 2. The SMILES string of the molecule is Cc1sc(Nc2ccc3ccccc3c2)nc1-c1ccccc1. The quantitative estimate of drug-likeness (QED) is 0.500. The Morgan fingerprint density at radius 1 is 0.826 bits per heavy atom. The van der Waals surface area contributed by atoms with E-state index >= 15 is 0 Å². The van der Waals surface area contributed by atoms with E-state index in [0.717, 1.165) is 22.1 Å². The van der Waals surface area contributed by atoms with Gasteiger partial charge in [-0.1, -0.05) is 60.7 Å². The van der Waals surface area contributed by atoms with Crippen molar-refractivity contribution in [2.45, 2.75) is 6.92 Å². The van der Waals surface area contributed by atoms with Gasteiger partial charge in [0.1, 0.15) is 0 Å². The van der Waals surface area contributed by atoms with E-state index in [4.69, 9.17) is 4.98 Å². The van der Waals surface area contributed by atoms with Gasteiger partial charge in [-0.25, -0.2) is 4.98 Å². The van der Waals surface area contributed by atoms with Gasteiger partial charge in [0.05, 0.1) is 5.69 Å². The molecule has 4 rings (SSSR count). The van der Waals surface area contributed by atoms with Crippen molar-refractivity contribution >= 4 is 32.9 Å². The van der Waals surface area contributed by atoms with Gasteiger partial charge < -0.3 is 5.32 Å². The number of rotatable bonds is 3. The minimum Gasteiger partial charge on any atom is -0.332 e. The maximum Gasteiger partial charge on any atom is 0.187 e. The number of hydrogen-bond donors (Lipinski definition) is 1. The van der Waals surface area contributed by atoms with E-state index in [9.17, 15) is 0 Å². The Bertz CT molecular complexity index is 958. The lowest BCUT2D eigenvalue weighted by atomic mass is 10.1. The molecule has 4 aromatic rings. The predicted octanol–water partition coefficient (Wildman–Crippen LogP) is 6.02. The monoisotopic (exact) mass is 316 g/mol. The van der Waals surface area contributed by atoms with Crippen molar-refractivity contribution in [2.75, 3.05) is 5.32 Å². The first-order chi connectivity index (χ1) is 11.3. The van der Waals surface area contributed by atoms with Crippen molar-refractivity contribution in [3.05, 3.63) is 77.7 Å². The molecule has 0 atom stereocenters. The van der Waals surface area contributed by atoms with E-state index in [1.54, 1.807) is 11.3 Å². The average molecular weight is 316 g/mol. The summed E-state index contributed by atoms with van der Waals surface area (Å²) in [6.07, 6.45) is 0. The molecule has 0 aliphatic carbocycles. The third-order valence-corrected chi connectivity index (χ3v) is 4.73. The number of nitrogens with zero attached hydrogens (tertiary/aromatic N) is 1. The molecule has 0 radical (unpaired) electrons. The zero-order valence-corrected chi connectivity index (χ0v) is 13.6. The molecular weight excluding hydrogens is 300 g/mol. The second kappa shape index (κ2) is 5.86. The number of aromatic nitrogens is 1. The first-order valence-corrected chi connectivity index (χ1v) is 8.40. The van der Waals surface area contributed by atoms with Crippen LogP contribution in [-0.2, 0) is 0 Å². The molecule has 0 saturated carbocycles. The van der Waals surface area contributed by atoms with Gasteiger partial charge >= 0.3 is 0 Å². The fraction of sp³-hybridized carbons (Fsp3) is 0.0500. The molecule has 0 fully saturated rings. The van der Waals surface area contributed by atoms with Gasteiger partial charge in [-0.3, -0.25) is 0 Å². The van der Waals surface area contributed by atoms with E-state index in [1.165, 1.54) is 15.6 Å². The number of thiazole rings is 1. The van der Waals surface area contributed by atoms with Crippen LogP contribution in [-0.4, -0.2) is 4.98 Å². The number of aryl methyl sites for hydroxylation is 1. The normalized spacial score (nSPS) is 10.8. The molecule has 1 N–H and O–H groups in total. The second-order valence-corrected chi connectivity index (χ2v) is 6.68. The van der Waals surface area contributed by atoms with E-state index in [0.29, 0.717) is 0 Å². The van der Waals surface area contributed by atoms with Crippen LogP contribution in [0.3, 0.4) is 0 Å². The summed E-state index contributed by atoms with van der Waals surface area (Å²) in [5, 5.41) is 6.84.